The number of fused-ring (bicyclic) bond motifs is 6. The molecule has 0 radical (unpaired) electrons. The highest BCUT2D eigenvalue weighted by molar-refractivity contribution is 6.18. The van der Waals surface area contributed by atoms with Crippen LogP contribution in [-0.4, -0.2) is 16.2 Å². The maximum Gasteiger partial charge on any atom is 0.169 e. The fourth-order valence-corrected chi connectivity index (χ4v) is 6.59. The number of hydrogen-bond donors (Lipinski definition) is 1. The number of aliphatic imine (C=N–C) groups is 2. The predicted octanol–water partition coefficient (Wildman–Crippen LogP) is 9.41. The van der Waals surface area contributed by atoms with Gasteiger partial charge in [0.15, 0.2) is 6.17 Å². The Labute approximate surface area is 254 Å². The second-order valence-corrected chi connectivity index (χ2v) is 11.4. The number of amidine groups is 2. The van der Waals surface area contributed by atoms with E-state index in [1.807, 2.05) is 30.3 Å². The van der Waals surface area contributed by atoms with Gasteiger partial charge in [-0.2, -0.15) is 0 Å². The first-order chi connectivity index (χ1) is 21.8. The first-order valence-corrected chi connectivity index (χ1v) is 15.1. The van der Waals surface area contributed by atoms with Crippen molar-refractivity contribution >= 4 is 55.4 Å². The Bertz CT molecular complexity index is 2370. The molecule has 1 aliphatic carbocycles. The van der Waals surface area contributed by atoms with Crippen LogP contribution in [0.25, 0.3) is 49.4 Å². The lowest BCUT2D eigenvalue weighted by Gasteiger charge is -2.24. The van der Waals surface area contributed by atoms with Crippen LogP contribution < -0.4 is 5.32 Å². The summed E-state index contributed by atoms with van der Waals surface area (Å²) in [5.74, 6) is 1.71. The molecule has 5 nitrogen and oxygen atoms in total. The van der Waals surface area contributed by atoms with E-state index in [2.05, 4.69) is 113 Å². The van der Waals surface area contributed by atoms with E-state index in [9.17, 15) is 0 Å². The van der Waals surface area contributed by atoms with Gasteiger partial charge in [-0.3, -0.25) is 0 Å². The van der Waals surface area contributed by atoms with E-state index in [4.69, 9.17) is 14.4 Å². The fourth-order valence-electron chi connectivity index (χ4n) is 6.59. The van der Waals surface area contributed by atoms with Crippen molar-refractivity contribution in [3.8, 4) is 5.69 Å². The average Bonchev–Trinajstić information content (AvgIpc) is 3.62. The Kier molecular flexibility index (Phi) is 5.63. The monoisotopic (exact) mass is 568 g/mol. The van der Waals surface area contributed by atoms with Gasteiger partial charge < -0.3 is 14.3 Å². The van der Waals surface area contributed by atoms with Crippen LogP contribution in [0.2, 0.25) is 0 Å². The summed E-state index contributed by atoms with van der Waals surface area (Å²) in [5.41, 5.74) is 8.41. The molecule has 0 saturated carbocycles. The van der Waals surface area contributed by atoms with Gasteiger partial charge in [0.25, 0.3) is 0 Å². The molecule has 5 aromatic carbocycles. The Morgan fingerprint density at radius 3 is 2.36 bits per heavy atom. The van der Waals surface area contributed by atoms with Crippen molar-refractivity contribution < 1.29 is 4.42 Å². The van der Waals surface area contributed by atoms with Crippen molar-refractivity contribution in [3.05, 3.63) is 150 Å². The normalized spacial score (nSPS) is 16.7. The van der Waals surface area contributed by atoms with Crippen molar-refractivity contribution in [2.75, 3.05) is 0 Å². The quantitative estimate of drug-likeness (QED) is 0.230. The maximum atomic E-state index is 6.32. The minimum atomic E-state index is -0.312. The van der Waals surface area contributed by atoms with Crippen molar-refractivity contribution in [3.63, 3.8) is 0 Å². The highest BCUT2D eigenvalue weighted by Crippen LogP contribution is 2.38. The second-order valence-electron chi connectivity index (χ2n) is 11.4. The van der Waals surface area contributed by atoms with E-state index >= 15 is 0 Å². The molecule has 0 bridgehead atoms. The van der Waals surface area contributed by atoms with Crippen molar-refractivity contribution in [2.45, 2.75) is 19.0 Å². The number of allylic oxidation sites excluding steroid dienone is 3. The zero-order chi connectivity index (χ0) is 29.0. The summed E-state index contributed by atoms with van der Waals surface area (Å²) in [6.07, 6.45) is 8.13. The van der Waals surface area contributed by atoms with E-state index in [0.717, 1.165) is 74.3 Å². The van der Waals surface area contributed by atoms with Gasteiger partial charge in [0.2, 0.25) is 0 Å². The number of benzene rings is 5. The van der Waals surface area contributed by atoms with Crippen molar-refractivity contribution in [1.29, 1.82) is 0 Å². The molecular formula is C39H28N4O. The van der Waals surface area contributed by atoms with Crippen LogP contribution >= 0.6 is 0 Å². The lowest BCUT2D eigenvalue weighted by atomic mass is 10.0. The molecule has 9 rings (SSSR count). The lowest BCUT2D eigenvalue weighted by Crippen LogP contribution is -2.36. The zero-order valence-electron chi connectivity index (χ0n) is 23.9. The predicted molar refractivity (Wildman–Crippen MR) is 181 cm³/mol. The minimum Gasteiger partial charge on any atom is -0.456 e. The Balaban J connectivity index is 1.21. The fraction of sp³-hybridized carbons (Fsp3) is 0.0769. The Hall–Kier alpha value is -5.68. The standard InChI is InChI=1S/C39H28N4O/c1-3-12-25(13-4-1)37-40-38(26-14-5-2-6-15-26)42-39(41-37)27-16-11-17-28(22-27)43-33-20-9-7-18-29(33)31-23-32-30-19-8-10-21-35(30)44-36(32)24-34(31)43/h1-5,7-14,16-24,37H,6,15H2,(H,40,41,42). The molecular weight excluding hydrogens is 540 g/mol. The van der Waals surface area contributed by atoms with Gasteiger partial charge in [0.1, 0.15) is 22.8 Å². The van der Waals surface area contributed by atoms with Crippen LogP contribution in [-0.2, 0) is 0 Å². The summed E-state index contributed by atoms with van der Waals surface area (Å²) < 4.78 is 8.66. The SMILES string of the molecule is C1=CCCC(C2=NC(c3ccccc3)N=C(c3cccc(-n4c5ccccc5c5cc6c(cc54)oc4ccccc46)c3)N2)=C1. The average molecular weight is 569 g/mol. The number of furan rings is 1. The highest BCUT2D eigenvalue weighted by Gasteiger charge is 2.23. The van der Waals surface area contributed by atoms with E-state index in [0.29, 0.717) is 0 Å². The van der Waals surface area contributed by atoms with Gasteiger partial charge in [-0.1, -0.05) is 97.1 Å². The summed E-state index contributed by atoms with van der Waals surface area (Å²) in [6.45, 7) is 0. The van der Waals surface area contributed by atoms with Gasteiger partial charge >= 0.3 is 0 Å². The molecule has 0 amide bonds. The van der Waals surface area contributed by atoms with Crippen LogP contribution in [0.3, 0.4) is 0 Å². The van der Waals surface area contributed by atoms with Gasteiger partial charge in [0, 0.05) is 38.9 Å². The van der Waals surface area contributed by atoms with E-state index in [1.54, 1.807) is 0 Å². The first-order valence-electron chi connectivity index (χ1n) is 15.1. The number of aromatic nitrogens is 1. The van der Waals surface area contributed by atoms with E-state index in [-0.39, 0.29) is 6.17 Å². The van der Waals surface area contributed by atoms with Crippen LogP contribution in [0.4, 0.5) is 0 Å². The van der Waals surface area contributed by atoms with Crippen LogP contribution in [0.1, 0.15) is 30.1 Å². The molecule has 5 heteroatoms. The summed E-state index contributed by atoms with van der Waals surface area (Å²) in [6, 6.07) is 40.3. The van der Waals surface area contributed by atoms with Gasteiger partial charge in [-0.15, -0.1) is 0 Å². The van der Waals surface area contributed by atoms with Gasteiger partial charge in [0.05, 0.1) is 11.0 Å². The largest absolute Gasteiger partial charge is 0.456 e. The molecule has 3 heterocycles. The van der Waals surface area contributed by atoms with E-state index < -0.39 is 0 Å². The third-order valence-corrected chi connectivity index (χ3v) is 8.70. The summed E-state index contributed by atoms with van der Waals surface area (Å²) >= 11 is 0. The number of para-hydroxylation sites is 2. The molecule has 0 spiro atoms. The first kappa shape index (κ1) is 24.9. The molecule has 1 unspecified atom stereocenters. The van der Waals surface area contributed by atoms with Gasteiger partial charge in [-0.05, 0) is 54.3 Å². The summed E-state index contributed by atoms with van der Waals surface area (Å²) in [5, 5.41) is 8.29. The summed E-state index contributed by atoms with van der Waals surface area (Å²) in [4.78, 5) is 10.2. The van der Waals surface area contributed by atoms with E-state index in [1.165, 1.54) is 16.3 Å². The van der Waals surface area contributed by atoms with Crippen molar-refractivity contribution in [2.24, 2.45) is 9.98 Å². The molecule has 0 saturated heterocycles. The molecule has 1 N–H and O–H groups in total. The maximum absolute atomic E-state index is 6.32. The summed E-state index contributed by atoms with van der Waals surface area (Å²) in [7, 11) is 0. The minimum absolute atomic E-state index is 0.312. The molecule has 1 aliphatic heterocycles. The molecule has 2 aromatic heterocycles. The number of rotatable bonds is 4. The second kappa shape index (κ2) is 9.96. The molecule has 44 heavy (non-hydrogen) atoms. The van der Waals surface area contributed by atoms with Crippen LogP contribution in [0.15, 0.2) is 153 Å². The van der Waals surface area contributed by atoms with Crippen molar-refractivity contribution in [1.82, 2.24) is 9.88 Å². The zero-order valence-corrected chi connectivity index (χ0v) is 23.9. The molecule has 2 aliphatic rings. The third-order valence-electron chi connectivity index (χ3n) is 8.70. The highest BCUT2D eigenvalue weighted by atomic mass is 16.3. The Morgan fingerprint density at radius 2 is 1.48 bits per heavy atom. The Morgan fingerprint density at radius 1 is 0.659 bits per heavy atom. The number of nitrogens with one attached hydrogen (secondary N) is 1. The molecule has 7 aromatic rings. The molecule has 210 valence electrons. The number of hydrogen-bond acceptors (Lipinski definition) is 4. The van der Waals surface area contributed by atoms with Crippen LogP contribution in [0, 0.1) is 0 Å². The third kappa shape index (κ3) is 4.01. The lowest BCUT2D eigenvalue weighted by molar-refractivity contribution is 0.669. The number of nitrogens with zero attached hydrogens (tertiary/aromatic N) is 3. The molecule has 0 fully saturated rings. The smallest absolute Gasteiger partial charge is 0.169 e. The molecule has 1 atom stereocenters. The van der Waals surface area contributed by atoms with Crippen LogP contribution in [0.5, 0.6) is 0 Å². The van der Waals surface area contributed by atoms with Gasteiger partial charge in [-0.25, -0.2) is 9.98 Å². The topological polar surface area (TPSA) is 54.8 Å².